The minimum absolute atomic E-state index is 0.117. The number of rotatable bonds is 8. The van der Waals surface area contributed by atoms with Crippen molar-refractivity contribution in [3.05, 3.63) is 64.7 Å². The zero-order valence-corrected chi connectivity index (χ0v) is 19.9. The second kappa shape index (κ2) is 10.5. The van der Waals surface area contributed by atoms with Crippen molar-refractivity contribution >= 4 is 11.8 Å². The first kappa shape index (κ1) is 24.4. The second-order valence-corrected chi connectivity index (χ2v) is 9.28. The van der Waals surface area contributed by atoms with Crippen molar-refractivity contribution in [1.82, 2.24) is 10.2 Å². The van der Waals surface area contributed by atoms with Gasteiger partial charge in [0.05, 0.1) is 0 Å². The molecule has 2 aromatic rings. The van der Waals surface area contributed by atoms with Crippen LogP contribution < -0.4 is 10.1 Å². The van der Waals surface area contributed by atoms with Gasteiger partial charge in [0, 0.05) is 12.1 Å². The summed E-state index contributed by atoms with van der Waals surface area (Å²) >= 11 is 0. The van der Waals surface area contributed by atoms with Gasteiger partial charge in [-0.3, -0.25) is 9.59 Å². The summed E-state index contributed by atoms with van der Waals surface area (Å²) in [6, 6.07) is 13.3. The fourth-order valence-corrected chi connectivity index (χ4v) is 3.51. The maximum absolute atomic E-state index is 13.2. The number of benzene rings is 2. The molecule has 1 atom stereocenters. The molecular formula is C26H36N2O3. The third-order valence-electron chi connectivity index (χ3n) is 4.92. The van der Waals surface area contributed by atoms with Crippen molar-refractivity contribution < 1.29 is 14.3 Å². The van der Waals surface area contributed by atoms with Crippen molar-refractivity contribution in [3.63, 3.8) is 0 Å². The summed E-state index contributed by atoms with van der Waals surface area (Å²) in [5.41, 5.74) is 3.91. The lowest BCUT2D eigenvalue weighted by atomic mass is 10.1. The Kier molecular flexibility index (Phi) is 8.26. The SMILES string of the molecule is CCC(C(=O)NC(C)(C)C)N(Cc1ccc(C)cc1)C(=O)COc1cc(C)cc(C)c1. The highest BCUT2D eigenvalue weighted by Crippen LogP contribution is 2.18. The number of aryl methyl sites for hydroxylation is 3. The molecule has 0 heterocycles. The summed E-state index contributed by atoms with van der Waals surface area (Å²) in [7, 11) is 0. The summed E-state index contributed by atoms with van der Waals surface area (Å²) in [6.45, 7) is 14.0. The lowest BCUT2D eigenvalue weighted by Gasteiger charge is -2.33. The molecule has 2 aromatic carbocycles. The monoisotopic (exact) mass is 424 g/mol. The van der Waals surface area contributed by atoms with Crippen molar-refractivity contribution in [2.24, 2.45) is 0 Å². The third kappa shape index (κ3) is 7.74. The smallest absolute Gasteiger partial charge is 0.261 e. The molecule has 5 heteroatoms. The van der Waals surface area contributed by atoms with Gasteiger partial charge in [0.1, 0.15) is 11.8 Å². The Balaban J connectivity index is 2.24. The van der Waals surface area contributed by atoms with E-state index < -0.39 is 6.04 Å². The Bertz CT molecular complexity index is 878. The Labute approximate surface area is 186 Å². The number of carbonyl (C=O) groups is 2. The first-order valence-electron chi connectivity index (χ1n) is 10.9. The molecule has 0 bridgehead atoms. The highest BCUT2D eigenvalue weighted by Gasteiger charge is 2.30. The van der Waals surface area contributed by atoms with Gasteiger partial charge >= 0.3 is 0 Å². The Morgan fingerprint density at radius 1 is 0.968 bits per heavy atom. The second-order valence-electron chi connectivity index (χ2n) is 9.28. The number of ether oxygens (including phenoxy) is 1. The highest BCUT2D eigenvalue weighted by atomic mass is 16.5. The van der Waals surface area contributed by atoms with Gasteiger partial charge in [-0.15, -0.1) is 0 Å². The highest BCUT2D eigenvalue weighted by molar-refractivity contribution is 5.88. The number of hydrogen-bond donors (Lipinski definition) is 1. The molecule has 31 heavy (non-hydrogen) atoms. The van der Waals surface area contributed by atoms with E-state index in [0.717, 1.165) is 22.3 Å². The molecule has 168 valence electrons. The molecule has 5 nitrogen and oxygen atoms in total. The first-order chi connectivity index (χ1) is 14.5. The van der Waals surface area contributed by atoms with Gasteiger partial charge in [-0.1, -0.05) is 42.8 Å². The molecule has 0 aliphatic heterocycles. The average molecular weight is 425 g/mol. The van der Waals surface area contributed by atoms with Crippen LogP contribution in [0.3, 0.4) is 0 Å². The van der Waals surface area contributed by atoms with Crippen LogP contribution in [-0.4, -0.2) is 34.9 Å². The van der Waals surface area contributed by atoms with Crippen molar-refractivity contribution in [2.45, 2.75) is 73.0 Å². The van der Waals surface area contributed by atoms with Crippen LogP contribution in [0.15, 0.2) is 42.5 Å². The molecule has 0 aliphatic rings. The topological polar surface area (TPSA) is 58.6 Å². The third-order valence-corrected chi connectivity index (χ3v) is 4.92. The zero-order valence-electron chi connectivity index (χ0n) is 19.9. The van der Waals surface area contributed by atoms with E-state index in [2.05, 4.69) is 11.4 Å². The van der Waals surface area contributed by atoms with Crippen molar-refractivity contribution in [2.75, 3.05) is 6.61 Å². The van der Waals surface area contributed by atoms with Crippen LogP contribution in [0.5, 0.6) is 5.75 Å². The van der Waals surface area contributed by atoms with Gasteiger partial charge < -0.3 is 15.0 Å². The number of nitrogens with zero attached hydrogens (tertiary/aromatic N) is 1. The van der Waals surface area contributed by atoms with Crippen LogP contribution in [0.25, 0.3) is 0 Å². The fraction of sp³-hybridized carbons (Fsp3) is 0.462. The van der Waals surface area contributed by atoms with Crippen LogP contribution in [-0.2, 0) is 16.1 Å². The Morgan fingerprint density at radius 2 is 1.55 bits per heavy atom. The van der Waals surface area contributed by atoms with Crippen molar-refractivity contribution in [1.29, 1.82) is 0 Å². The molecule has 1 N–H and O–H groups in total. The fourth-order valence-electron chi connectivity index (χ4n) is 3.51. The predicted molar refractivity (Wildman–Crippen MR) is 125 cm³/mol. The first-order valence-corrected chi connectivity index (χ1v) is 10.9. The Hall–Kier alpha value is -2.82. The van der Waals surface area contributed by atoms with E-state index >= 15 is 0 Å². The molecule has 0 saturated heterocycles. The lowest BCUT2D eigenvalue weighted by molar-refractivity contribution is -0.143. The van der Waals surface area contributed by atoms with Crippen LogP contribution in [0.4, 0.5) is 0 Å². The standard InChI is InChI=1S/C26H36N2O3/c1-8-23(25(30)27-26(5,6)7)28(16-21-11-9-18(2)10-12-21)24(29)17-31-22-14-19(3)13-20(4)15-22/h9-15,23H,8,16-17H2,1-7H3,(H,27,30). The predicted octanol–water partition coefficient (Wildman–Crippen LogP) is 4.71. The molecule has 2 rings (SSSR count). The van der Waals surface area contributed by atoms with Gasteiger partial charge in [0.15, 0.2) is 6.61 Å². The quantitative estimate of drug-likeness (QED) is 0.667. The number of amides is 2. The minimum Gasteiger partial charge on any atom is -0.484 e. The Morgan fingerprint density at radius 3 is 2.06 bits per heavy atom. The molecule has 0 saturated carbocycles. The molecule has 2 amide bonds. The van der Waals surface area contributed by atoms with Crippen LogP contribution >= 0.6 is 0 Å². The van der Waals surface area contributed by atoms with Gasteiger partial charge in [0.2, 0.25) is 5.91 Å². The summed E-state index contributed by atoms with van der Waals surface area (Å²) < 4.78 is 5.82. The van der Waals surface area contributed by atoms with E-state index in [4.69, 9.17) is 4.74 Å². The molecular weight excluding hydrogens is 388 g/mol. The average Bonchev–Trinajstić information content (AvgIpc) is 2.65. The molecule has 0 radical (unpaired) electrons. The lowest BCUT2D eigenvalue weighted by Crippen LogP contribution is -2.54. The molecule has 0 spiro atoms. The zero-order chi connectivity index (χ0) is 23.2. The molecule has 1 unspecified atom stereocenters. The van der Waals surface area contributed by atoms with Gasteiger partial charge in [-0.2, -0.15) is 0 Å². The normalized spacial score (nSPS) is 12.2. The van der Waals surface area contributed by atoms with E-state index in [9.17, 15) is 9.59 Å². The maximum atomic E-state index is 13.2. The van der Waals surface area contributed by atoms with Crippen molar-refractivity contribution in [3.8, 4) is 5.75 Å². The van der Waals surface area contributed by atoms with E-state index in [-0.39, 0.29) is 24.0 Å². The maximum Gasteiger partial charge on any atom is 0.261 e. The van der Waals surface area contributed by atoms with Gasteiger partial charge in [-0.25, -0.2) is 0 Å². The van der Waals surface area contributed by atoms with Gasteiger partial charge in [0.25, 0.3) is 5.91 Å². The van der Waals surface area contributed by atoms with Crippen LogP contribution in [0.1, 0.15) is 56.4 Å². The molecule has 0 aliphatic carbocycles. The largest absolute Gasteiger partial charge is 0.484 e. The molecule has 0 aromatic heterocycles. The van der Waals surface area contributed by atoms with Crippen LogP contribution in [0, 0.1) is 20.8 Å². The summed E-state index contributed by atoms with van der Waals surface area (Å²) in [4.78, 5) is 27.9. The number of nitrogens with one attached hydrogen (secondary N) is 1. The van der Waals surface area contributed by atoms with E-state index in [0.29, 0.717) is 18.7 Å². The summed E-state index contributed by atoms with van der Waals surface area (Å²) in [5, 5.41) is 3.02. The number of hydrogen-bond acceptors (Lipinski definition) is 3. The molecule has 0 fully saturated rings. The minimum atomic E-state index is -0.573. The summed E-state index contributed by atoms with van der Waals surface area (Å²) in [6.07, 6.45) is 0.517. The number of carbonyl (C=O) groups excluding carboxylic acids is 2. The van der Waals surface area contributed by atoms with E-state index in [1.54, 1.807) is 4.90 Å². The van der Waals surface area contributed by atoms with Gasteiger partial charge in [-0.05, 0) is 76.8 Å². The van der Waals surface area contributed by atoms with Crippen LogP contribution in [0.2, 0.25) is 0 Å². The summed E-state index contributed by atoms with van der Waals surface area (Å²) in [5.74, 6) is 0.297. The van der Waals surface area contributed by atoms with E-state index in [1.165, 1.54) is 0 Å². The van der Waals surface area contributed by atoms with E-state index in [1.807, 2.05) is 84.9 Å².